The van der Waals surface area contributed by atoms with Gasteiger partial charge in [0, 0.05) is 0 Å². The second-order valence-electron chi connectivity index (χ2n) is 6.65. The zero-order valence-corrected chi connectivity index (χ0v) is 19.8. The van der Waals surface area contributed by atoms with Crippen molar-refractivity contribution in [3.05, 3.63) is 0 Å². The molecule has 3 unspecified atom stereocenters. The minimum Gasteiger partial charge on any atom is -0.465 e. The first-order chi connectivity index (χ1) is 12.5. The standard InChI is InChI=1S/C20H36Br2O4/c1-4-16(26-20(24)18(22)6-3)14-12-10-8-7-9-11-13-15-25-19(23)17(21)5-2/h16-18H,4-15H2,1-3H3. The molecule has 0 amide bonds. The van der Waals surface area contributed by atoms with Crippen molar-refractivity contribution in [2.45, 2.75) is 107 Å². The number of unbranched alkanes of at least 4 members (excludes halogenated alkanes) is 6. The van der Waals surface area contributed by atoms with E-state index < -0.39 is 0 Å². The van der Waals surface area contributed by atoms with Crippen molar-refractivity contribution in [2.75, 3.05) is 6.61 Å². The zero-order chi connectivity index (χ0) is 19.8. The molecule has 0 spiro atoms. The Hall–Kier alpha value is -0.100. The molecule has 0 fully saturated rings. The average Bonchev–Trinajstić information content (AvgIpc) is 2.66. The highest BCUT2D eigenvalue weighted by Gasteiger charge is 2.18. The maximum atomic E-state index is 11.8. The SMILES string of the molecule is CCC(CCCCCCCCCOC(=O)C(Br)CC)OC(=O)C(Br)CC. The number of hydrogen-bond acceptors (Lipinski definition) is 4. The Bertz CT molecular complexity index is 377. The second kappa shape index (κ2) is 17.0. The highest BCUT2D eigenvalue weighted by atomic mass is 79.9. The molecular weight excluding hydrogens is 464 g/mol. The molecule has 3 atom stereocenters. The maximum absolute atomic E-state index is 11.8. The van der Waals surface area contributed by atoms with Crippen molar-refractivity contribution in [2.24, 2.45) is 0 Å². The highest BCUT2D eigenvalue weighted by molar-refractivity contribution is 9.10. The first kappa shape index (κ1) is 25.9. The molecule has 154 valence electrons. The number of carbonyl (C=O) groups excluding carboxylic acids is 2. The van der Waals surface area contributed by atoms with Crippen LogP contribution in [0.25, 0.3) is 0 Å². The van der Waals surface area contributed by atoms with Crippen LogP contribution in [0.2, 0.25) is 0 Å². The molecule has 0 N–H and O–H groups in total. The van der Waals surface area contributed by atoms with Gasteiger partial charge in [0.15, 0.2) is 0 Å². The second-order valence-corrected chi connectivity index (χ2v) is 8.86. The summed E-state index contributed by atoms with van der Waals surface area (Å²) in [6.45, 7) is 6.52. The molecule has 6 heteroatoms. The molecule has 0 bridgehead atoms. The number of esters is 2. The van der Waals surface area contributed by atoms with Crippen LogP contribution in [-0.4, -0.2) is 34.3 Å². The fourth-order valence-corrected chi connectivity index (χ4v) is 2.78. The lowest BCUT2D eigenvalue weighted by Crippen LogP contribution is -2.23. The Balaban J connectivity index is 3.54. The predicted molar refractivity (Wildman–Crippen MR) is 114 cm³/mol. The van der Waals surface area contributed by atoms with Gasteiger partial charge in [0.1, 0.15) is 15.8 Å². The summed E-state index contributed by atoms with van der Waals surface area (Å²) in [5, 5.41) is 0. The van der Waals surface area contributed by atoms with Crippen molar-refractivity contribution in [1.29, 1.82) is 0 Å². The summed E-state index contributed by atoms with van der Waals surface area (Å²) in [5.74, 6) is -0.283. The van der Waals surface area contributed by atoms with Crippen LogP contribution in [0.5, 0.6) is 0 Å². The van der Waals surface area contributed by atoms with Crippen LogP contribution >= 0.6 is 31.9 Å². The van der Waals surface area contributed by atoms with E-state index in [4.69, 9.17) is 9.47 Å². The van der Waals surface area contributed by atoms with E-state index in [1.807, 2.05) is 13.8 Å². The summed E-state index contributed by atoms with van der Waals surface area (Å²) in [4.78, 5) is 22.9. The molecule has 0 aliphatic heterocycles. The summed E-state index contributed by atoms with van der Waals surface area (Å²) in [6.07, 6.45) is 11.3. The summed E-state index contributed by atoms with van der Waals surface area (Å²) in [7, 11) is 0. The van der Waals surface area contributed by atoms with E-state index in [0.717, 1.165) is 44.9 Å². The third-order valence-corrected chi connectivity index (χ3v) is 6.42. The van der Waals surface area contributed by atoms with E-state index in [1.54, 1.807) is 0 Å². The molecule has 0 aliphatic carbocycles. The molecular formula is C20H36Br2O4. The zero-order valence-electron chi connectivity index (χ0n) is 16.6. The van der Waals surface area contributed by atoms with Gasteiger partial charge in [-0.1, -0.05) is 84.7 Å². The topological polar surface area (TPSA) is 52.6 Å². The summed E-state index contributed by atoms with van der Waals surface area (Å²) < 4.78 is 10.7. The van der Waals surface area contributed by atoms with Gasteiger partial charge in [-0.2, -0.15) is 0 Å². The van der Waals surface area contributed by atoms with Crippen molar-refractivity contribution in [3.63, 3.8) is 0 Å². The summed E-state index contributed by atoms with van der Waals surface area (Å²) in [6, 6.07) is 0. The van der Waals surface area contributed by atoms with E-state index in [1.165, 1.54) is 25.7 Å². The lowest BCUT2D eigenvalue weighted by molar-refractivity contribution is -0.148. The van der Waals surface area contributed by atoms with Gasteiger partial charge >= 0.3 is 11.9 Å². The Morgan fingerprint density at radius 3 is 1.77 bits per heavy atom. The first-order valence-electron chi connectivity index (χ1n) is 10.1. The van der Waals surface area contributed by atoms with Gasteiger partial charge in [-0.05, 0) is 38.5 Å². The smallest absolute Gasteiger partial charge is 0.319 e. The van der Waals surface area contributed by atoms with Crippen LogP contribution in [0.15, 0.2) is 0 Å². The fourth-order valence-electron chi connectivity index (χ4n) is 2.54. The van der Waals surface area contributed by atoms with Crippen LogP contribution in [-0.2, 0) is 19.1 Å². The maximum Gasteiger partial charge on any atom is 0.319 e. The average molecular weight is 500 g/mol. The van der Waals surface area contributed by atoms with E-state index in [2.05, 4.69) is 38.8 Å². The molecule has 0 aliphatic rings. The van der Waals surface area contributed by atoms with Crippen LogP contribution in [0.4, 0.5) is 0 Å². The minimum absolute atomic E-state index is 0.0464. The largest absolute Gasteiger partial charge is 0.465 e. The van der Waals surface area contributed by atoms with Gasteiger partial charge in [0.05, 0.1) is 6.61 Å². The van der Waals surface area contributed by atoms with Gasteiger partial charge in [-0.3, -0.25) is 9.59 Å². The van der Waals surface area contributed by atoms with Crippen molar-refractivity contribution in [3.8, 4) is 0 Å². The van der Waals surface area contributed by atoms with Crippen LogP contribution in [0.1, 0.15) is 91.4 Å². The third-order valence-electron chi connectivity index (χ3n) is 4.38. The molecule has 0 saturated heterocycles. The summed E-state index contributed by atoms with van der Waals surface area (Å²) >= 11 is 6.64. The molecule has 0 radical (unpaired) electrons. The van der Waals surface area contributed by atoms with Gasteiger partial charge in [0.25, 0.3) is 0 Å². The quantitative estimate of drug-likeness (QED) is 0.141. The van der Waals surface area contributed by atoms with E-state index >= 15 is 0 Å². The van der Waals surface area contributed by atoms with E-state index in [-0.39, 0.29) is 27.7 Å². The summed E-state index contributed by atoms with van der Waals surface area (Å²) in [5.41, 5.74) is 0. The van der Waals surface area contributed by atoms with Gasteiger partial charge in [-0.15, -0.1) is 0 Å². The van der Waals surface area contributed by atoms with Crippen molar-refractivity contribution < 1.29 is 19.1 Å². The Labute approximate surface area is 176 Å². The Kier molecular flexibility index (Phi) is 17.0. The number of carbonyl (C=O) groups is 2. The fraction of sp³-hybridized carbons (Fsp3) is 0.900. The number of halogens is 2. The minimum atomic E-state index is -0.182. The van der Waals surface area contributed by atoms with Gasteiger partial charge in [-0.25, -0.2) is 0 Å². The first-order valence-corrected chi connectivity index (χ1v) is 11.9. The van der Waals surface area contributed by atoms with Crippen LogP contribution in [0, 0.1) is 0 Å². The number of rotatable bonds is 16. The lowest BCUT2D eigenvalue weighted by Gasteiger charge is -2.17. The molecule has 26 heavy (non-hydrogen) atoms. The monoisotopic (exact) mass is 498 g/mol. The normalized spacial score (nSPS) is 14.5. The molecule has 4 nitrogen and oxygen atoms in total. The molecule has 0 saturated carbocycles. The highest BCUT2D eigenvalue weighted by Crippen LogP contribution is 2.16. The van der Waals surface area contributed by atoms with Crippen molar-refractivity contribution in [1.82, 2.24) is 0 Å². The van der Waals surface area contributed by atoms with E-state index in [9.17, 15) is 9.59 Å². The number of alkyl halides is 2. The van der Waals surface area contributed by atoms with Gasteiger partial charge < -0.3 is 9.47 Å². The van der Waals surface area contributed by atoms with E-state index in [0.29, 0.717) is 6.61 Å². The Morgan fingerprint density at radius 1 is 0.731 bits per heavy atom. The third kappa shape index (κ3) is 13.1. The number of hydrogen-bond donors (Lipinski definition) is 0. The van der Waals surface area contributed by atoms with Gasteiger partial charge in [0.2, 0.25) is 0 Å². The molecule has 0 aromatic rings. The van der Waals surface area contributed by atoms with Crippen LogP contribution in [0.3, 0.4) is 0 Å². The molecule has 0 aromatic carbocycles. The predicted octanol–water partition coefficient (Wildman–Crippen LogP) is 6.32. The Morgan fingerprint density at radius 2 is 1.23 bits per heavy atom. The lowest BCUT2D eigenvalue weighted by atomic mass is 10.1. The molecule has 0 rings (SSSR count). The number of ether oxygens (including phenoxy) is 2. The van der Waals surface area contributed by atoms with Crippen molar-refractivity contribution >= 4 is 43.8 Å². The molecule has 0 heterocycles. The molecule has 0 aromatic heterocycles. The van der Waals surface area contributed by atoms with Crippen LogP contribution < -0.4 is 0 Å².